The summed E-state index contributed by atoms with van der Waals surface area (Å²) >= 11 is 3.36. The highest BCUT2D eigenvalue weighted by Gasteiger charge is 2.36. The van der Waals surface area contributed by atoms with E-state index in [1.54, 1.807) is 12.1 Å². The van der Waals surface area contributed by atoms with Crippen molar-refractivity contribution in [2.45, 2.75) is 12.5 Å². The van der Waals surface area contributed by atoms with Crippen molar-refractivity contribution in [3.63, 3.8) is 0 Å². The van der Waals surface area contributed by atoms with Crippen LogP contribution in [0.5, 0.6) is 0 Å². The molecule has 0 fully saturated rings. The Labute approximate surface area is 106 Å². The zero-order valence-corrected chi connectivity index (χ0v) is 10.3. The molecular formula is C11H10BrNO4. The maximum absolute atomic E-state index is 11.2. The minimum Gasteiger partial charge on any atom is -0.479 e. The molecule has 5 nitrogen and oxygen atoms in total. The lowest BCUT2D eigenvalue weighted by molar-refractivity contribution is -0.143. The molecule has 1 aliphatic heterocycles. The fraction of sp³-hybridized carbons (Fsp3) is 0.273. The third kappa shape index (κ3) is 2.00. The fourth-order valence-corrected chi connectivity index (χ4v) is 2.68. The summed E-state index contributed by atoms with van der Waals surface area (Å²) in [5.41, 5.74) is 1.41. The van der Waals surface area contributed by atoms with E-state index < -0.39 is 18.1 Å². The number of carboxylic acid groups (broad SMARTS) is 2. The molecule has 0 radical (unpaired) electrons. The second-order valence-corrected chi connectivity index (χ2v) is 4.63. The Hall–Kier alpha value is -1.56. The van der Waals surface area contributed by atoms with Crippen molar-refractivity contribution in [2.75, 3.05) is 6.54 Å². The first-order valence-corrected chi connectivity index (χ1v) is 5.81. The second kappa shape index (κ2) is 4.37. The van der Waals surface area contributed by atoms with Gasteiger partial charge in [0.25, 0.3) is 0 Å². The molecule has 1 amide bonds. The van der Waals surface area contributed by atoms with E-state index in [0.717, 1.165) is 14.9 Å². The molecule has 6 heteroatoms. The van der Waals surface area contributed by atoms with E-state index in [1.807, 2.05) is 6.07 Å². The van der Waals surface area contributed by atoms with E-state index in [4.69, 9.17) is 5.11 Å². The van der Waals surface area contributed by atoms with Crippen molar-refractivity contribution in [3.05, 3.63) is 33.8 Å². The molecule has 1 atom stereocenters. The van der Waals surface area contributed by atoms with Crippen LogP contribution in [-0.4, -0.2) is 33.7 Å². The van der Waals surface area contributed by atoms with Gasteiger partial charge in [0.15, 0.2) is 6.04 Å². The molecule has 17 heavy (non-hydrogen) atoms. The van der Waals surface area contributed by atoms with Gasteiger partial charge in [-0.05, 0) is 23.6 Å². The molecule has 1 aliphatic rings. The van der Waals surface area contributed by atoms with Gasteiger partial charge in [-0.2, -0.15) is 0 Å². The average Bonchev–Trinajstić information content (AvgIpc) is 2.27. The Morgan fingerprint density at radius 3 is 2.65 bits per heavy atom. The molecule has 2 rings (SSSR count). The summed E-state index contributed by atoms with van der Waals surface area (Å²) in [6.07, 6.45) is -0.685. The molecular weight excluding hydrogens is 290 g/mol. The summed E-state index contributed by atoms with van der Waals surface area (Å²) < 4.78 is 0.825. The highest BCUT2D eigenvalue weighted by Crippen LogP contribution is 2.34. The Bertz CT molecular complexity index is 488. The molecule has 1 aromatic carbocycles. The number of nitrogens with zero attached hydrogens (tertiary/aromatic N) is 1. The zero-order valence-electron chi connectivity index (χ0n) is 8.76. The number of aliphatic carboxylic acids is 1. The first-order valence-electron chi connectivity index (χ1n) is 5.02. The molecule has 0 spiro atoms. The Morgan fingerprint density at radius 1 is 1.35 bits per heavy atom. The Morgan fingerprint density at radius 2 is 2.06 bits per heavy atom. The lowest BCUT2D eigenvalue weighted by Gasteiger charge is -2.33. The third-order valence-electron chi connectivity index (χ3n) is 2.84. The van der Waals surface area contributed by atoms with Crippen LogP contribution in [0.1, 0.15) is 17.2 Å². The van der Waals surface area contributed by atoms with Crippen molar-refractivity contribution in [2.24, 2.45) is 0 Å². The van der Waals surface area contributed by atoms with Gasteiger partial charge in [0, 0.05) is 11.0 Å². The highest BCUT2D eigenvalue weighted by atomic mass is 79.9. The lowest BCUT2D eigenvalue weighted by Crippen LogP contribution is -2.42. The Kier molecular flexibility index (Phi) is 3.06. The van der Waals surface area contributed by atoms with Crippen LogP contribution in [0.2, 0.25) is 0 Å². The van der Waals surface area contributed by atoms with Crippen LogP contribution in [0.4, 0.5) is 4.79 Å². The van der Waals surface area contributed by atoms with Gasteiger partial charge in [-0.25, -0.2) is 9.59 Å². The maximum Gasteiger partial charge on any atom is 0.408 e. The summed E-state index contributed by atoms with van der Waals surface area (Å²) in [5.74, 6) is -1.15. The van der Waals surface area contributed by atoms with Crippen LogP contribution in [0, 0.1) is 0 Å². The first-order chi connectivity index (χ1) is 8.02. The van der Waals surface area contributed by atoms with Gasteiger partial charge in [-0.15, -0.1) is 0 Å². The number of rotatable bonds is 1. The van der Waals surface area contributed by atoms with E-state index in [2.05, 4.69) is 15.9 Å². The van der Waals surface area contributed by atoms with Gasteiger partial charge in [0.1, 0.15) is 0 Å². The second-order valence-electron chi connectivity index (χ2n) is 3.77. The van der Waals surface area contributed by atoms with Crippen molar-refractivity contribution >= 4 is 28.0 Å². The summed E-state index contributed by atoms with van der Waals surface area (Å²) in [5, 5.41) is 18.2. The molecule has 90 valence electrons. The largest absolute Gasteiger partial charge is 0.479 e. The first kappa shape index (κ1) is 11.9. The minimum absolute atomic E-state index is 0.196. The molecule has 0 saturated carbocycles. The van der Waals surface area contributed by atoms with Crippen LogP contribution in [0.15, 0.2) is 22.7 Å². The number of hydrogen-bond donors (Lipinski definition) is 2. The van der Waals surface area contributed by atoms with E-state index in [1.165, 1.54) is 0 Å². The molecule has 1 aromatic rings. The quantitative estimate of drug-likeness (QED) is 0.832. The molecule has 1 heterocycles. The molecule has 0 aromatic heterocycles. The van der Waals surface area contributed by atoms with Gasteiger partial charge in [-0.3, -0.25) is 4.90 Å². The van der Waals surface area contributed by atoms with Crippen molar-refractivity contribution in [1.29, 1.82) is 0 Å². The number of fused-ring (bicyclic) bond motifs is 1. The lowest BCUT2D eigenvalue weighted by atomic mass is 9.93. The van der Waals surface area contributed by atoms with Crippen LogP contribution in [-0.2, 0) is 11.2 Å². The zero-order chi connectivity index (χ0) is 12.6. The number of benzene rings is 1. The number of hydrogen-bond acceptors (Lipinski definition) is 2. The normalized spacial score (nSPS) is 18.6. The monoisotopic (exact) mass is 299 g/mol. The summed E-state index contributed by atoms with van der Waals surface area (Å²) in [6.45, 7) is 0.196. The molecule has 0 saturated heterocycles. The topological polar surface area (TPSA) is 77.8 Å². The summed E-state index contributed by atoms with van der Waals surface area (Å²) in [4.78, 5) is 23.2. The number of carbonyl (C=O) groups is 2. The Balaban J connectivity index is 2.53. The summed E-state index contributed by atoms with van der Waals surface area (Å²) in [7, 11) is 0. The smallest absolute Gasteiger partial charge is 0.408 e. The number of amides is 1. The standard InChI is InChI=1S/C11H10BrNO4/c12-8-3-1-2-7-6(8)4-5-13(11(16)17)9(7)10(14)15/h1-3,9H,4-5H2,(H,14,15)(H,16,17). The average molecular weight is 300 g/mol. The molecule has 0 aliphatic carbocycles. The van der Waals surface area contributed by atoms with Gasteiger partial charge >= 0.3 is 12.1 Å². The van der Waals surface area contributed by atoms with Gasteiger partial charge < -0.3 is 10.2 Å². The van der Waals surface area contributed by atoms with E-state index in [0.29, 0.717) is 12.0 Å². The van der Waals surface area contributed by atoms with E-state index >= 15 is 0 Å². The third-order valence-corrected chi connectivity index (χ3v) is 3.59. The molecule has 0 bridgehead atoms. The van der Waals surface area contributed by atoms with Crippen molar-refractivity contribution in [1.82, 2.24) is 4.90 Å². The van der Waals surface area contributed by atoms with E-state index in [9.17, 15) is 14.7 Å². The van der Waals surface area contributed by atoms with Crippen molar-refractivity contribution < 1.29 is 19.8 Å². The maximum atomic E-state index is 11.2. The molecule has 2 N–H and O–H groups in total. The summed E-state index contributed by atoms with van der Waals surface area (Å²) in [6, 6.07) is 4.08. The van der Waals surface area contributed by atoms with Crippen molar-refractivity contribution in [3.8, 4) is 0 Å². The highest BCUT2D eigenvalue weighted by molar-refractivity contribution is 9.10. The van der Waals surface area contributed by atoms with Gasteiger partial charge in [0.2, 0.25) is 0 Å². The van der Waals surface area contributed by atoms with Crippen LogP contribution < -0.4 is 0 Å². The van der Waals surface area contributed by atoms with E-state index in [-0.39, 0.29) is 6.54 Å². The predicted octanol–water partition coefficient (Wildman–Crippen LogP) is 2.11. The predicted molar refractivity (Wildman–Crippen MR) is 63.0 cm³/mol. The van der Waals surface area contributed by atoms with Crippen LogP contribution in [0.25, 0.3) is 0 Å². The van der Waals surface area contributed by atoms with Crippen LogP contribution >= 0.6 is 15.9 Å². The van der Waals surface area contributed by atoms with Crippen LogP contribution in [0.3, 0.4) is 0 Å². The minimum atomic E-state index is -1.21. The number of carboxylic acids is 1. The van der Waals surface area contributed by atoms with Gasteiger partial charge in [0.05, 0.1) is 0 Å². The van der Waals surface area contributed by atoms with Gasteiger partial charge in [-0.1, -0.05) is 28.1 Å². The number of halogens is 1. The SMILES string of the molecule is O=C(O)C1c2cccc(Br)c2CCN1C(=O)O. The molecule has 1 unspecified atom stereocenters. The fourth-order valence-electron chi connectivity index (χ4n) is 2.10.